The summed E-state index contributed by atoms with van der Waals surface area (Å²) in [7, 11) is 0. The van der Waals surface area contributed by atoms with Gasteiger partial charge in [-0.05, 0) is 42.7 Å². The third kappa shape index (κ3) is 4.29. The van der Waals surface area contributed by atoms with Gasteiger partial charge in [0.1, 0.15) is 5.69 Å². The van der Waals surface area contributed by atoms with Crippen LogP contribution in [-0.4, -0.2) is 33.9 Å². The van der Waals surface area contributed by atoms with E-state index in [0.29, 0.717) is 18.8 Å². The summed E-state index contributed by atoms with van der Waals surface area (Å²) in [5, 5.41) is 0. The van der Waals surface area contributed by atoms with E-state index >= 15 is 0 Å². The second kappa shape index (κ2) is 8.20. The number of carbonyl (C=O) groups is 1. The van der Waals surface area contributed by atoms with Gasteiger partial charge in [-0.2, -0.15) is 0 Å². The third-order valence-electron chi connectivity index (χ3n) is 4.18. The molecule has 0 aliphatic heterocycles. The predicted octanol–water partition coefficient (Wildman–Crippen LogP) is 3.85. The first-order valence-electron chi connectivity index (χ1n) is 8.47. The van der Waals surface area contributed by atoms with E-state index in [1.807, 2.05) is 60.4 Å². The minimum atomic E-state index is -0.0313. The highest BCUT2D eigenvalue weighted by molar-refractivity contribution is 5.92. The molecule has 126 valence electrons. The first kappa shape index (κ1) is 16.8. The van der Waals surface area contributed by atoms with Crippen molar-refractivity contribution in [2.75, 3.05) is 13.1 Å². The van der Waals surface area contributed by atoms with Gasteiger partial charge in [-0.1, -0.05) is 36.4 Å². The van der Waals surface area contributed by atoms with Gasteiger partial charge in [0.05, 0.1) is 0 Å². The van der Waals surface area contributed by atoms with E-state index in [-0.39, 0.29) is 5.91 Å². The van der Waals surface area contributed by atoms with Crippen LogP contribution in [0.4, 0.5) is 0 Å². The van der Waals surface area contributed by atoms with Crippen molar-refractivity contribution in [3.63, 3.8) is 0 Å². The maximum atomic E-state index is 12.7. The number of carbonyl (C=O) groups excluding carboxylic acids is 1. The molecule has 0 aliphatic rings. The van der Waals surface area contributed by atoms with Crippen molar-refractivity contribution in [3.05, 3.63) is 84.4 Å². The number of aromatic nitrogens is 2. The van der Waals surface area contributed by atoms with E-state index in [9.17, 15) is 4.79 Å². The highest BCUT2D eigenvalue weighted by Gasteiger charge is 2.15. The molecule has 0 atom stereocenters. The average molecular weight is 331 g/mol. The van der Waals surface area contributed by atoms with E-state index < -0.39 is 0 Å². The van der Waals surface area contributed by atoms with Crippen molar-refractivity contribution in [2.45, 2.75) is 13.3 Å². The average Bonchev–Trinajstić information content (AvgIpc) is 2.70. The Kier molecular flexibility index (Phi) is 5.52. The minimum absolute atomic E-state index is 0.0313. The molecule has 0 unspecified atom stereocenters. The Morgan fingerprint density at radius 2 is 1.72 bits per heavy atom. The molecule has 1 amide bonds. The van der Waals surface area contributed by atoms with Crippen LogP contribution in [0.15, 0.2) is 73.2 Å². The van der Waals surface area contributed by atoms with Crippen molar-refractivity contribution >= 4 is 5.91 Å². The molecule has 2 aromatic heterocycles. The van der Waals surface area contributed by atoms with E-state index in [0.717, 1.165) is 17.5 Å². The molecular weight excluding hydrogens is 310 g/mol. The molecule has 1 aromatic carbocycles. The highest BCUT2D eigenvalue weighted by atomic mass is 16.2. The minimum Gasteiger partial charge on any atom is -0.337 e. The van der Waals surface area contributed by atoms with Crippen LogP contribution in [0.2, 0.25) is 0 Å². The van der Waals surface area contributed by atoms with Gasteiger partial charge in [0, 0.05) is 37.2 Å². The maximum Gasteiger partial charge on any atom is 0.272 e. The lowest BCUT2D eigenvalue weighted by Gasteiger charge is -2.20. The number of hydrogen-bond acceptors (Lipinski definition) is 3. The summed E-state index contributed by atoms with van der Waals surface area (Å²) in [5.74, 6) is -0.0313. The van der Waals surface area contributed by atoms with Crippen LogP contribution in [0.5, 0.6) is 0 Å². The monoisotopic (exact) mass is 331 g/mol. The maximum absolute atomic E-state index is 12.7. The zero-order valence-corrected chi connectivity index (χ0v) is 14.3. The van der Waals surface area contributed by atoms with E-state index in [2.05, 4.69) is 9.97 Å². The lowest BCUT2D eigenvalue weighted by Crippen LogP contribution is -2.33. The molecule has 0 N–H and O–H groups in total. The van der Waals surface area contributed by atoms with Crippen LogP contribution in [0.25, 0.3) is 11.1 Å². The Hall–Kier alpha value is -3.01. The standard InChI is InChI=1S/C21H21N3O/c1-2-24(15-12-17-10-13-22-14-11-17)21(25)20-9-8-19(16-23-20)18-6-4-3-5-7-18/h3-11,13-14,16H,2,12,15H2,1H3. The fraction of sp³-hybridized carbons (Fsp3) is 0.190. The number of pyridine rings is 2. The van der Waals surface area contributed by atoms with Crippen LogP contribution in [0.3, 0.4) is 0 Å². The molecule has 3 rings (SSSR count). The summed E-state index contributed by atoms with van der Waals surface area (Å²) < 4.78 is 0. The topological polar surface area (TPSA) is 46.1 Å². The van der Waals surface area contributed by atoms with Crippen molar-refractivity contribution < 1.29 is 4.79 Å². The van der Waals surface area contributed by atoms with Gasteiger partial charge in [-0.25, -0.2) is 0 Å². The van der Waals surface area contributed by atoms with Crippen LogP contribution < -0.4 is 0 Å². The van der Waals surface area contributed by atoms with Crippen LogP contribution in [-0.2, 0) is 6.42 Å². The quantitative estimate of drug-likeness (QED) is 0.689. The Labute approximate surface area is 148 Å². The van der Waals surface area contributed by atoms with Crippen molar-refractivity contribution in [3.8, 4) is 11.1 Å². The van der Waals surface area contributed by atoms with Gasteiger partial charge < -0.3 is 4.90 Å². The predicted molar refractivity (Wildman–Crippen MR) is 99.2 cm³/mol. The number of rotatable bonds is 6. The molecule has 0 fully saturated rings. The number of benzene rings is 1. The summed E-state index contributed by atoms with van der Waals surface area (Å²) in [6.45, 7) is 3.32. The lowest BCUT2D eigenvalue weighted by molar-refractivity contribution is 0.0760. The molecule has 4 nitrogen and oxygen atoms in total. The number of hydrogen-bond donors (Lipinski definition) is 0. The van der Waals surface area contributed by atoms with Crippen LogP contribution >= 0.6 is 0 Å². The van der Waals surface area contributed by atoms with E-state index in [4.69, 9.17) is 0 Å². The first-order valence-corrected chi connectivity index (χ1v) is 8.47. The fourth-order valence-corrected chi connectivity index (χ4v) is 2.70. The van der Waals surface area contributed by atoms with Gasteiger partial charge in [0.2, 0.25) is 0 Å². The Morgan fingerprint density at radius 1 is 0.960 bits per heavy atom. The highest BCUT2D eigenvalue weighted by Crippen LogP contribution is 2.18. The molecule has 0 bridgehead atoms. The lowest BCUT2D eigenvalue weighted by atomic mass is 10.1. The van der Waals surface area contributed by atoms with Gasteiger partial charge in [0.25, 0.3) is 5.91 Å². The Balaban J connectivity index is 1.68. The summed E-state index contributed by atoms with van der Waals surface area (Å²) in [5.41, 5.74) is 3.76. The van der Waals surface area contributed by atoms with Crippen molar-refractivity contribution in [1.29, 1.82) is 0 Å². The Morgan fingerprint density at radius 3 is 2.36 bits per heavy atom. The van der Waals surface area contributed by atoms with Gasteiger partial charge >= 0.3 is 0 Å². The largest absolute Gasteiger partial charge is 0.337 e. The molecule has 4 heteroatoms. The molecule has 3 aromatic rings. The van der Waals surface area contributed by atoms with Gasteiger partial charge in [0.15, 0.2) is 0 Å². The molecule has 0 saturated heterocycles. The van der Waals surface area contributed by atoms with Crippen LogP contribution in [0.1, 0.15) is 23.0 Å². The summed E-state index contributed by atoms with van der Waals surface area (Å²) in [4.78, 5) is 22.9. The summed E-state index contributed by atoms with van der Waals surface area (Å²) in [6.07, 6.45) is 6.12. The number of likely N-dealkylation sites (N-methyl/N-ethyl adjacent to an activating group) is 1. The fourth-order valence-electron chi connectivity index (χ4n) is 2.70. The second-order valence-electron chi connectivity index (χ2n) is 5.79. The van der Waals surface area contributed by atoms with E-state index in [1.165, 1.54) is 5.56 Å². The van der Waals surface area contributed by atoms with Crippen molar-refractivity contribution in [1.82, 2.24) is 14.9 Å². The second-order valence-corrected chi connectivity index (χ2v) is 5.79. The molecule has 2 heterocycles. The zero-order chi connectivity index (χ0) is 17.5. The molecule has 0 radical (unpaired) electrons. The van der Waals surface area contributed by atoms with Gasteiger partial charge in [-0.15, -0.1) is 0 Å². The molecule has 0 saturated carbocycles. The summed E-state index contributed by atoms with van der Waals surface area (Å²) >= 11 is 0. The van der Waals surface area contributed by atoms with E-state index in [1.54, 1.807) is 24.7 Å². The Bertz CT molecular complexity index is 802. The molecule has 0 aliphatic carbocycles. The first-order chi connectivity index (χ1) is 12.3. The van der Waals surface area contributed by atoms with Crippen molar-refractivity contribution in [2.24, 2.45) is 0 Å². The SMILES string of the molecule is CCN(CCc1ccncc1)C(=O)c1ccc(-c2ccccc2)cn1. The summed E-state index contributed by atoms with van der Waals surface area (Å²) in [6, 6.07) is 17.7. The zero-order valence-electron chi connectivity index (χ0n) is 14.3. The third-order valence-corrected chi connectivity index (χ3v) is 4.18. The van der Waals surface area contributed by atoms with Crippen LogP contribution in [0, 0.1) is 0 Å². The normalized spacial score (nSPS) is 10.4. The molecule has 25 heavy (non-hydrogen) atoms. The smallest absolute Gasteiger partial charge is 0.272 e. The number of nitrogens with zero attached hydrogens (tertiary/aromatic N) is 3. The number of amides is 1. The molecular formula is C21H21N3O. The molecule has 0 spiro atoms. The van der Waals surface area contributed by atoms with Gasteiger partial charge in [-0.3, -0.25) is 14.8 Å².